The molecule has 0 unspecified atom stereocenters. The normalized spacial score (nSPS) is 17.5. The van der Waals surface area contributed by atoms with Crippen LogP contribution in [0.25, 0.3) is 10.9 Å². The second-order valence-corrected chi connectivity index (χ2v) is 5.70. The molecule has 0 radical (unpaired) electrons. The third-order valence-electron chi connectivity index (χ3n) is 3.95. The van der Waals surface area contributed by atoms with Crippen LogP contribution < -0.4 is 5.32 Å². The first-order valence-corrected chi connectivity index (χ1v) is 6.42. The molecule has 1 fully saturated rings. The molecule has 0 spiro atoms. The second-order valence-electron chi connectivity index (χ2n) is 5.70. The third kappa shape index (κ3) is 2.09. The molecular formula is C15H20N2. The number of para-hydroxylation sites is 1. The fourth-order valence-electron chi connectivity index (χ4n) is 2.46. The molecule has 0 bridgehead atoms. The Morgan fingerprint density at radius 3 is 2.82 bits per heavy atom. The van der Waals surface area contributed by atoms with E-state index in [2.05, 4.69) is 54.3 Å². The van der Waals surface area contributed by atoms with Crippen molar-refractivity contribution >= 4 is 10.9 Å². The Bertz CT molecular complexity index is 535. The first-order valence-electron chi connectivity index (χ1n) is 6.42. The Hall–Kier alpha value is -1.28. The molecule has 1 aromatic heterocycles. The van der Waals surface area contributed by atoms with Crippen molar-refractivity contribution in [3.8, 4) is 0 Å². The van der Waals surface area contributed by atoms with E-state index in [1.165, 1.54) is 29.3 Å². The average molecular weight is 228 g/mol. The first-order chi connectivity index (χ1) is 8.18. The van der Waals surface area contributed by atoms with Gasteiger partial charge in [0.15, 0.2) is 0 Å². The van der Waals surface area contributed by atoms with E-state index in [-0.39, 0.29) is 0 Å². The Balaban J connectivity index is 1.76. The first kappa shape index (κ1) is 10.8. The number of nitrogens with zero attached hydrogens (tertiary/aromatic N) is 1. The maximum absolute atomic E-state index is 3.60. The number of fused-ring (bicyclic) bond motifs is 1. The minimum atomic E-state index is 0.588. The van der Waals surface area contributed by atoms with Crippen molar-refractivity contribution in [3.05, 3.63) is 36.0 Å². The lowest BCUT2D eigenvalue weighted by Crippen LogP contribution is -2.21. The van der Waals surface area contributed by atoms with Crippen LogP contribution in [0.1, 0.15) is 25.3 Å². The zero-order valence-corrected chi connectivity index (χ0v) is 10.7. The molecule has 0 atom stereocenters. The van der Waals surface area contributed by atoms with E-state index >= 15 is 0 Å². The lowest BCUT2D eigenvalue weighted by molar-refractivity contribution is 0.500. The largest absolute Gasteiger partial charge is 0.350 e. The van der Waals surface area contributed by atoms with Gasteiger partial charge in [-0.3, -0.25) is 0 Å². The van der Waals surface area contributed by atoms with E-state index in [0.717, 1.165) is 13.1 Å². The van der Waals surface area contributed by atoms with Crippen LogP contribution in [-0.2, 0) is 13.6 Å². The fourth-order valence-corrected chi connectivity index (χ4v) is 2.46. The highest BCUT2D eigenvalue weighted by Gasteiger charge is 2.36. The van der Waals surface area contributed by atoms with Gasteiger partial charge in [0.05, 0.1) is 0 Å². The molecular weight excluding hydrogens is 208 g/mol. The van der Waals surface area contributed by atoms with Gasteiger partial charge in [-0.25, -0.2) is 0 Å². The van der Waals surface area contributed by atoms with E-state index in [4.69, 9.17) is 0 Å². The lowest BCUT2D eigenvalue weighted by atomic mass is 10.1. The number of hydrogen-bond acceptors (Lipinski definition) is 1. The fraction of sp³-hybridized carbons (Fsp3) is 0.467. The Kier molecular flexibility index (Phi) is 2.48. The number of benzene rings is 1. The minimum absolute atomic E-state index is 0.588. The molecule has 2 nitrogen and oxygen atoms in total. The molecule has 1 aliphatic carbocycles. The number of rotatable bonds is 4. The van der Waals surface area contributed by atoms with E-state index in [1.807, 2.05) is 0 Å². The molecule has 1 aromatic carbocycles. The Labute approximate surface area is 103 Å². The summed E-state index contributed by atoms with van der Waals surface area (Å²) in [7, 11) is 2.12. The molecule has 1 N–H and O–H groups in total. The zero-order valence-electron chi connectivity index (χ0n) is 10.7. The summed E-state index contributed by atoms with van der Waals surface area (Å²) in [5.74, 6) is 0. The van der Waals surface area contributed by atoms with Crippen molar-refractivity contribution in [3.63, 3.8) is 0 Å². The quantitative estimate of drug-likeness (QED) is 0.851. The maximum Gasteiger partial charge on any atom is 0.0481 e. The SMILES string of the molecule is Cn1cc(CNCC2(C)CC2)c2ccccc21. The molecule has 1 aliphatic rings. The minimum Gasteiger partial charge on any atom is -0.350 e. The molecule has 90 valence electrons. The van der Waals surface area contributed by atoms with Gasteiger partial charge in [-0.05, 0) is 29.9 Å². The van der Waals surface area contributed by atoms with E-state index in [0.29, 0.717) is 5.41 Å². The van der Waals surface area contributed by atoms with Crippen molar-refractivity contribution in [1.29, 1.82) is 0 Å². The van der Waals surface area contributed by atoms with Gasteiger partial charge >= 0.3 is 0 Å². The van der Waals surface area contributed by atoms with Crippen LogP contribution in [0, 0.1) is 5.41 Å². The van der Waals surface area contributed by atoms with Gasteiger partial charge in [0, 0.05) is 37.2 Å². The molecule has 0 amide bonds. The van der Waals surface area contributed by atoms with Crippen molar-refractivity contribution in [1.82, 2.24) is 9.88 Å². The smallest absolute Gasteiger partial charge is 0.0481 e. The molecule has 2 aromatic rings. The van der Waals surface area contributed by atoms with E-state index in [1.54, 1.807) is 0 Å². The van der Waals surface area contributed by atoms with Crippen molar-refractivity contribution in [2.75, 3.05) is 6.54 Å². The summed E-state index contributed by atoms with van der Waals surface area (Å²) in [4.78, 5) is 0. The van der Waals surface area contributed by atoms with Crippen molar-refractivity contribution in [2.24, 2.45) is 12.5 Å². The van der Waals surface area contributed by atoms with Gasteiger partial charge in [0.2, 0.25) is 0 Å². The number of aryl methyl sites for hydroxylation is 1. The monoisotopic (exact) mass is 228 g/mol. The molecule has 1 saturated carbocycles. The highest BCUT2D eigenvalue weighted by atomic mass is 14.9. The third-order valence-corrected chi connectivity index (χ3v) is 3.95. The van der Waals surface area contributed by atoms with Crippen LogP contribution in [0.3, 0.4) is 0 Å². The van der Waals surface area contributed by atoms with Crippen LogP contribution in [-0.4, -0.2) is 11.1 Å². The molecule has 1 heterocycles. The predicted octanol–water partition coefficient (Wildman–Crippen LogP) is 3.07. The van der Waals surface area contributed by atoms with Gasteiger partial charge in [-0.2, -0.15) is 0 Å². The summed E-state index contributed by atoms with van der Waals surface area (Å²) in [6.45, 7) is 4.50. The summed E-state index contributed by atoms with van der Waals surface area (Å²) in [5, 5.41) is 4.97. The van der Waals surface area contributed by atoms with Gasteiger partial charge < -0.3 is 9.88 Å². The van der Waals surface area contributed by atoms with E-state index in [9.17, 15) is 0 Å². The van der Waals surface area contributed by atoms with Crippen LogP contribution >= 0.6 is 0 Å². The van der Waals surface area contributed by atoms with Gasteiger partial charge in [0.25, 0.3) is 0 Å². The average Bonchev–Trinajstić information content (AvgIpc) is 2.97. The number of nitrogens with one attached hydrogen (secondary N) is 1. The molecule has 0 saturated heterocycles. The van der Waals surface area contributed by atoms with Crippen LogP contribution in [0.2, 0.25) is 0 Å². The van der Waals surface area contributed by atoms with Crippen LogP contribution in [0.5, 0.6) is 0 Å². The van der Waals surface area contributed by atoms with Crippen LogP contribution in [0.4, 0.5) is 0 Å². The summed E-state index contributed by atoms with van der Waals surface area (Å²) >= 11 is 0. The lowest BCUT2D eigenvalue weighted by Gasteiger charge is -2.09. The van der Waals surface area contributed by atoms with Crippen LogP contribution in [0.15, 0.2) is 30.5 Å². The maximum atomic E-state index is 3.60. The number of aromatic nitrogens is 1. The van der Waals surface area contributed by atoms with E-state index < -0.39 is 0 Å². The predicted molar refractivity (Wildman–Crippen MR) is 72.0 cm³/mol. The molecule has 3 rings (SSSR count). The van der Waals surface area contributed by atoms with Gasteiger partial charge in [0.1, 0.15) is 0 Å². The highest BCUT2D eigenvalue weighted by Crippen LogP contribution is 2.44. The standard InChI is InChI=1S/C15H20N2/c1-15(7-8-15)11-16-9-12-10-17(2)14-6-4-3-5-13(12)14/h3-6,10,16H,7-9,11H2,1-2H3. The molecule has 17 heavy (non-hydrogen) atoms. The zero-order chi connectivity index (χ0) is 11.9. The Morgan fingerprint density at radius 1 is 1.29 bits per heavy atom. The molecule has 2 heteroatoms. The summed E-state index contributed by atoms with van der Waals surface area (Å²) in [6, 6.07) is 8.62. The summed E-state index contributed by atoms with van der Waals surface area (Å²) < 4.78 is 2.21. The van der Waals surface area contributed by atoms with Crippen molar-refractivity contribution in [2.45, 2.75) is 26.3 Å². The van der Waals surface area contributed by atoms with Crippen molar-refractivity contribution < 1.29 is 0 Å². The topological polar surface area (TPSA) is 17.0 Å². The summed E-state index contributed by atoms with van der Waals surface area (Å²) in [5.41, 5.74) is 3.32. The second kappa shape index (κ2) is 3.88. The van der Waals surface area contributed by atoms with Gasteiger partial charge in [-0.15, -0.1) is 0 Å². The van der Waals surface area contributed by atoms with Gasteiger partial charge in [-0.1, -0.05) is 25.1 Å². The number of hydrogen-bond donors (Lipinski definition) is 1. The summed E-state index contributed by atoms with van der Waals surface area (Å²) in [6.07, 6.45) is 5.01. The molecule has 0 aliphatic heterocycles. The Morgan fingerprint density at radius 2 is 2.06 bits per heavy atom. The highest BCUT2D eigenvalue weighted by molar-refractivity contribution is 5.83.